The molecule has 0 aromatic carbocycles. The Balaban J connectivity index is 1.82. The smallest absolute Gasteiger partial charge is 0.0615 e. The zero-order chi connectivity index (χ0) is 7.90. The van der Waals surface area contributed by atoms with Crippen molar-refractivity contribution in [2.45, 2.75) is 31.7 Å². The number of nitrogens with zero attached hydrogens (tertiary/aromatic N) is 1. The molecule has 64 valence electrons. The van der Waals surface area contributed by atoms with E-state index in [1.807, 2.05) is 0 Å². The Kier molecular flexibility index (Phi) is 1.69. The molecule has 2 fully saturated rings. The highest BCUT2D eigenvalue weighted by Crippen LogP contribution is 2.45. The monoisotopic (exact) mass is 155 g/mol. The van der Waals surface area contributed by atoms with Gasteiger partial charge in [-0.1, -0.05) is 13.3 Å². The maximum Gasteiger partial charge on any atom is 0.0615 e. The molecule has 1 aliphatic carbocycles. The Hall–Kier alpha value is -0.0800. The average molecular weight is 155 g/mol. The van der Waals surface area contributed by atoms with Crippen LogP contribution in [0, 0.1) is 5.92 Å². The van der Waals surface area contributed by atoms with Gasteiger partial charge in [-0.2, -0.15) is 0 Å². The van der Waals surface area contributed by atoms with Gasteiger partial charge >= 0.3 is 0 Å². The van der Waals surface area contributed by atoms with Crippen molar-refractivity contribution < 1.29 is 5.11 Å². The van der Waals surface area contributed by atoms with E-state index < -0.39 is 0 Å². The minimum absolute atomic E-state index is 0.256. The van der Waals surface area contributed by atoms with Gasteiger partial charge in [-0.05, 0) is 18.8 Å². The molecule has 2 aliphatic rings. The summed E-state index contributed by atoms with van der Waals surface area (Å²) in [6, 6.07) is 0. The second-order valence-electron chi connectivity index (χ2n) is 4.06. The molecule has 0 bridgehead atoms. The third-order valence-corrected chi connectivity index (χ3v) is 3.33. The largest absolute Gasteiger partial charge is 0.394 e. The summed E-state index contributed by atoms with van der Waals surface area (Å²) in [5.41, 5.74) is 0.256. The summed E-state index contributed by atoms with van der Waals surface area (Å²) in [6.07, 6.45) is 3.75. The molecular weight excluding hydrogens is 138 g/mol. The Labute approximate surface area is 68.2 Å². The first kappa shape index (κ1) is 7.56. The minimum Gasteiger partial charge on any atom is -0.394 e. The van der Waals surface area contributed by atoms with Crippen LogP contribution in [0.5, 0.6) is 0 Å². The van der Waals surface area contributed by atoms with E-state index in [9.17, 15) is 0 Å². The van der Waals surface area contributed by atoms with Crippen molar-refractivity contribution in [2.24, 2.45) is 5.92 Å². The van der Waals surface area contributed by atoms with E-state index in [1.54, 1.807) is 0 Å². The fraction of sp³-hybridized carbons (Fsp3) is 1.00. The van der Waals surface area contributed by atoms with Crippen molar-refractivity contribution in [3.63, 3.8) is 0 Å². The summed E-state index contributed by atoms with van der Waals surface area (Å²) in [6.45, 7) is 5.10. The van der Waals surface area contributed by atoms with Gasteiger partial charge in [-0.25, -0.2) is 0 Å². The molecule has 11 heavy (non-hydrogen) atoms. The van der Waals surface area contributed by atoms with Crippen LogP contribution in [0.3, 0.4) is 0 Å². The fourth-order valence-corrected chi connectivity index (χ4v) is 1.93. The molecule has 1 saturated carbocycles. The fourth-order valence-electron chi connectivity index (χ4n) is 1.93. The summed E-state index contributed by atoms with van der Waals surface area (Å²) in [5.74, 6) is 0.916. The number of likely N-dealkylation sites (tertiary alicyclic amines) is 1. The predicted octanol–water partition coefficient (Wildman–Crippen LogP) is 0.853. The van der Waals surface area contributed by atoms with E-state index in [1.165, 1.54) is 32.4 Å². The van der Waals surface area contributed by atoms with Crippen LogP contribution in [0.15, 0.2) is 0 Å². The molecule has 2 nitrogen and oxygen atoms in total. The molecule has 0 amide bonds. The second kappa shape index (κ2) is 2.46. The maximum atomic E-state index is 9.11. The summed E-state index contributed by atoms with van der Waals surface area (Å²) in [7, 11) is 0. The SMILES string of the molecule is CCC1CN(C2(CO)CC2)C1. The Morgan fingerprint density at radius 2 is 2.09 bits per heavy atom. The Bertz CT molecular complexity index is 148. The number of hydrogen-bond donors (Lipinski definition) is 1. The highest BCUT2D eigenvalue weighted by atomic mass is 16.3. The lowest BCUT2D eigenvalue weighted by Gasteiger charge is -2.44. The van der Waals surface area contributed by atoms with Crippen molar-refractivity contribution in [1.82, 2.24) is 4.90 Å². The molecule has 0 radical (unpaired) electrons. The zero-order valence-electron chi connectivity index (χ0n) is 7.21. The topological polar surface area (TPSA) is 23.5 Å². The lowest BCUT2D eigenvalue weighted by atomic mass is 9.94. The molecule has 0 aromatic rings. The van der Waals surface area contributed by atoms with Crippen LogP contribution in [-0.4, -0.2) is 35.2 Å². The van der Waals surface area contributed by atoms with Gasteiger partial charge < -0.3 is 5.11 Å². The summed E-state index contributed by atoms with van der Waals surface area (Å²) < 4.78 is 0. The lowest BCUT2D eigenvalue weighted by Crippen LogP contribution is -2.54. The van der Waals surface area contributed by atoms with E-state index in [0.717, 1.165) is 5.92 Å². The van der Waals surface area contributed by atoms with E-state index in [4.69, 9.17) is 5.11 Å². The third kappa shape index (κ3) is 1.09. The van der Waals surface area contributed by atoms with Gasteiger partial charge in [0, 0.05) is 18.6 Å². The molecule has 2 rings (SSSR count). The van der Waals surface area contributed by atoms with Crippen LogP contribution in [-0.2, 0) is 0 Å². The van der Waals surface area contributed by atoms with Gasteiger partial charge in [0.15, 0.2) is 0 Å². The van der Waals surface area contributed by atoms with Crippen molar-refractivity contribution in [3.8, 4) is 0 Å². The number of aliphatic hydroxyl groups is 1. The molecule has 1 N–H and O–H groups in total. The Morgan fingerprint density at radius 1 is 1.45 bits per heavy atom. The summed E-state index contributed by atoms with van der Waals surface area (Å²) in [4.78, 5) is 2.46. The second-order valence-corrected chi connectivity index (χ2v) is 4.06. The van der Waals surface area contributed by atoms with Gasteiger partial charge in [-0.15, -0.1) is 0 Å². The molecule has 0 unspecified atom stereocenters. The van der Waals surface area contributed by atoms with Gasteiger partial charge in [-0.3, -0.25) is 4.90 Å². The molecule has 1 aliphatic heterocycles. The van der Waals surface area contributed by atoms with Crippen LogP contribution in [0.1, 0.15) is 26.2 Å². The maximum absolute atomic E-state index is 9.11. The number of rotatable bonds is 3. The standard InChI is InChI=1S/C9H17NO/c1-2-8-5-10(6-8)9(7-11)3-4-9/h8,11H,2-7H2,1H3. The molecule has 1 saturated heterocycles. The van der Waals surface area contributed by atoms with Crippen molar-refractivity contribution in [1.29, 1.82) is 0 Å². The van der Waals surface area contributed by atoms with Crippen LogP contribution < -0.4 is 0 Å². The molecule has 0 spiro atoms. The van der Waals surface area contributed by atoms with Gasteiger partial charge in [0.25, 0.3) is 0 Å². The molecule has 0 atom stereocenters. The first-order valence-corrected chi connectivity index (χ1v) is 4.66. The molecule has 0 aromatic heterocycles. The van der Waals surface area contributed by atoms with Gasteiger partial charge in [0.1, 0.15) is 0 Å². The molecule has 1 heterocycles. The van der Waals surface area contributed by atoms with E-state index in [2.05, 4.69) is 11.8 Å². The number of hydrogen-bond acceptors (Lipinski definition) is 2. The highest BCUT2D eigenvalue weighted by Gasteiger charge is 2.51. The van der Waals surface area contributed by atoms with E-state index in [-0.39, 0.29) is 5.54 Å². The van der Waals surface area contributed by atoms with Gasteiger partial charge in [0.05, 0.1) is 6.61 Å². The van der Waals surface area contributed by atoms with Crippen molar-refractivity contribution in [2.75, 3.05) is 19.7 Å². The first-order valence-electron chi connectivity index (χ1n) is 4.66. The lowest BCUT2D eigenvalue weighted by molar-refractivity contribution is 0.00823. The summed E-state index contributed by atoms with van der Waals surface area (Å²) >= 11 is 0. The Morgan fingerprint density at radius 3 is 2.45 bits per heavy atom. The normalized spacial score (nSPS) is 30.0. The van der Waals surface area contributed by atoms with E-state index >= 15 is 0 Å². The zero-order valence-corrected chi connectivity index (χ0v) is 7.21. The van der Waals surface area contributed by atoms with Crippen molar-refractivity contribution in [3.05, 3.63) is 0 Å². The van der Waals surface area contributed by atoms with Crippen LogP contribution >= 0.6 is 0 Å². The van der Waals surface area contributed by atoms with E-state index in [0.29, 0.717) is 6.61 Å². The summed E-state index contributed by atoms with van der Waals surface area (Å²) in [5, 5.41) is 9.11. The predicted molar refractivity (Wildman–Crippen MR) is 44.4 cm³/mol. The minimum atomic E-state index is 0.256. The third-order valence-electron chi connectivity index (χ3n) is 3.33. The van der Waals surface area contributed by atoms with Crippen LogP contribution in [0.25, 0.3) is 0 Å². The van der Waals surface area contributed by atoms with Gasteiger partial charge in [0.2, 0.25) is 0 Å². The molecule has 2 heteroatoms. The molecular formula is C9H17NO. The average Bonchev–Trinajstić information content (AvgIpc) is 2.67. The van der Waals surface area contributed by atoms with Crippen LogP contribution in [0.2, 0.25) is 0 Å². The first-order chi connectivity index (χ1) is 5.30. The number of aliphatic hydroxyl groups excluding tert-OH is 1. The quantitative estimate of drug-likeness (QED) is 0.653. The van der Waals surface area contributed by atoms with Crippen molar-refractivity contribution >= 4 is 0 Å². The van der Waals surface area contributed by atoms with Crippen LogP contribution in [0.4, 0.5) is 0 Å². The highest BCUT2D eigenvalue weighted by molar-refractivity contribution is 5.07.